The van der Waals surface area contributed by atoms with Crippen LogP contribution in [0.5, 0.6) is 0 Å². The van der Waals surface area contributed by atoms with E-state index >= 15 is 0 Å². The first-order valence-corrected chi connectivity index (χ1v) is 5.57. The highest BCUT2D eigenvalue weighted by Gasteiger charge is 2.04. The van der Waals surface area contributed by atoms with Gasteiger partial charge in [0.05, 0.1) is 0 Å². The second kappa shape index (κ2) is 5.33. The first-order valence-electron chi connectivity index (χ1n) is 4.94. The van der Waals surface area contributed by atoms with Gasteiger partial charge in [-0.25, -0.2) is 0 Å². The van der Waals surface area contributed by atoms with Gasteiger partial charge < -0.3 is 0 Å². The molecule has 1 heteroatoms. The number of benzene rings is 1. The van der Waals surface area contributed by atoms with Crippen LogP contribution >= 0.6 is 12.6 Å². The average molecular weight is 194 g/mol. The average Bonchev–Trinajstić information content (AvgIpc) is 2.15. The second-order valence-corrected chi connectivity index (χ2v) is 4.13. The smallest absolute Gasteiger partial charge is 0.00947 e. The van der Waals surface area contributed by atoms with E-state index < -0.39 is 0 Å². The maximum atomic E-state index is 4.24. The number of rotatable bonds is 4. The van der Waals surface area contributed by atoms with E-state index in [2.05, 4.69) is 50.7 Å². The standard InChI is InChI=1S/C12H18S/c1-10(2)12-8-4-3-6-11(12)7-5-9-13/h3-4,6,8,10,13H,5,7,9H2,1-2H3. The molecular formula is C12H18S. The molecule has 0 atom stereocenters. The molecular weight excluding hydrogens is 176 g/mol. The fraction of sp³-hybridized carbons (Fsp3) is 0.500. The van der Waals surface area contributed by atoms with Crippen LogP contribution in [0.2, 0.25) is 0 Å². The lowest BCUT2D eigenvalue weighted by Crippen LogP contribution is -1.96. The molecule has 0 saturated carbocycles. The van der Waals surface area contributed by atoms with Crippen molar-refractivity contribution in [2.45, 2.75) is 32.6 Å². The quantitative estimate of drug-likeness (QED) is 0.695. The summed E-state index contributed by atoms with van der Waals surface area (Å²) in [5, 5.41) is 0. The number of thiol groups is 1. The van der Waals surface area contributed by atoms with Crippen molar-refractivity contribution in [2.24, 2.45) is 0 Å². The third-order valence-electron chi connectivity index (χ3n) is 2.28. The van der Waals surface area contributed by atoms with Crippen molar-refractivity contribution in [2.75, 3.05) is 5.75 Å². The Morgan fingerprint density at radius 1 is 1.23 bits per heavy atom. The molecule has 0 spiro atoms. The van der Waals surface area contributed by atoms with E-state index in [1.54, 1.807) is 0 Å². The Kier molecular flexibility index (Phi) is 4.37. The van der Waals surface area contributed by atoms with E-state index in [0.29, 0.717) is 5.92 Å². The van der Waals surface area contributed by atoms with Crippen LogP contribution in [0.3, 0.4) is 0 Å². The summed E-state index contributed by atoms with van der Waals surface area (Å²) >= 11 is 4.24. The maximum Gasteiger partial charge on any atom is -0.00947 e. The Labute approximate surface area is 86.8 Å². The zero-order chi connectivity index (χ0) is 9.68. The molecule has 0 aliphatic rings. The van der Waals surface area contributed by atoms with Gasteiger partial charge in [0, 0.05) is 0 Å². The van der Waals surface area contributed by atoms with Crippen LogP contribution in [0.1, 0.15) is 37.3 Å². The lowest BCUT2D eigenvalue weighted by Gasteiger charge is -2.11. The molecule has 1 aromatic carbocycles. The Balaban J connectivity index is 2.78. The van der Waals surface area contributed by atoms with E-state index in [4.69, 9.17) is 0 Å². The lowest BCUT2D eigenvalue weighted by atomic mass is 9.95. The summed E-state index contributed by atoms with van der Waals surface area (Å²) in [5.74, 6) is 1.61. The summed E-state index contributed by atoms with van der Waals surface area (Å²) in [5.41, 5.74) is 2.98. The van der Waals surface area contributed by atoms with Crippen LogP contribution in [-0.2, 0) is 6.42 Å². The Hall–Kier alpha value is -0.430. The maximum absolute atomic E-state index is 4.24. The molecule has 0 saturated heterocycles. The van der Waals surface area contributed by atoms with Gasteiger partial charge in [-0.05, 0) is 35.6 Å². The molecule has 0 aromatic heterocycles. The number of hydrogen-bond donors (Lipinski definition) is 1. The predicted octanol–water partition coefficient (Wildman–Crippen LogP) is 3.67. The van der Waals surface area contributed by atoms with Crippen molar-refractivity contribution in [3.63, 3.8) is 0 Å². The largest absolute Gasteiger partial charge is 0.179 e. The van der Waals surface area contributed by atoms with Crippen LogP contribution in [0, 0.1) is 0 Å². The van der Waals surface area contributed by atoms with Crippen molar-refractivity contribution in [3.05, 3.63) is 35.4 Å². The minimum atomic E-state index is 0.635. The predicted molar refractivity (Wildman–Crippen MR) is 62.7 cm³/mol. The molecule has 1 aromatic rings. The first-order chi connectivity index (χ1) is 6.25. The topological polar surface area (TPSA) is 0 Å². The van der Waals surface area contributed by atoms with Crippen LogP contribution in [0.4, 0.5) is 0 Å². The number of hydrogen-bond acceptors (Lipinski definition) is 1. The Morgan fingerprint density at radius 2 is 1.92 bits per heavy atom. The highest BCUT2D eigenvalue weighted by atomic mass is 32.1. The molecule has 0 bridgehead atoms. The SMILES string of the molecule is CC(C)c1ccccc1CCCS. The fourth-order valence-corrected chi connectivity index (χ4v) is 1.75. The van der Waals surface area contributed by atoms with Crippen molar-refractivity contribution >= 4 is 12.6 Å². The van der Waals surface area contributed by atoms with Gasteiger partial charge in [0.2, 0.25) is 0 Å². The van der Waals surface area contributed by atoms with E-state index in [0.717, 1.165) is 12.2 Å². The Bertz CT molecular complexity index is 253. The van der Waals surface area contributed by atoms with Crippen LogP contribution < -0.4 is 0 Å². The molecule has 0 fully saturated rings. The molecule has 0 heterocycles. The molecule has 13 heavy (non-hydrogen) atoms. The molecule has 0 radical (unpaired) electrons. The van der Waals surface area contributed by atoms with Crippen molar-refractivity contribution in [3.8, 4) is 0 Å². The van der Waals surface area contributed by atoms with Gasteiger partial charge in [-0.15, -0.1) is 0 Å². The van der Waals surface area contributed by atoms with E-state index in [1.165, 1.54) is 17.5 Å². The van der Waals surface area contributed by atoms with Gasteiger partial charge in [0.1, 0.15) is 0 Å². The normalized spacial score (nSPS) is 10.8. The van der Waals surface area contributed by atoms with Crippen molar-refractivity contribution in [1.29, 1.82) is 0 Å². The van der Waals surface area contributed by atoms with Gasteiger partial charge in [0.25, 0.3) is 0 Å². The minimum absolute atomic E-state index is 0.635. The third kappa shape index (κ3) is 3.07. The third-order valence-corrected chi connectivity index (χ3v) is 2.60. The minimum Gasteiger partial charge on any atom is -0.179 e. The summed E-state index contributed by atoms with van der Waals surface area (Å²) in [6, 6.07) is 8.72. The van der Waals surface area contributed by atoms with E-state index in [1.807, 2.05) is 0 Å². The van der Waals surface area contributed by atoms with Crippen LogP contribution in [0.25, 0.3) is 0 Å². The van der Waals surface area contributed by atoms with Crippen LogP contribution in [-0.4, -0.2) is 5.75 Å². The fourth-order valence-electron chi connectivity index (χ4n) is 1.59. The summed E-state index contributed by atoms with van der Waals surface area (Å²) in [6.07, 6.45) is 2.34. The summed E-state index contributed by atoms with van der Waals surface area (Å²) in [7, 11) is 0. The summed E-state index contributed by atoms with van der Waals surface area (Å²) in [6.45, 7) is 4.50. The molecule has 0 N–H and O–H groups in total. The van der Waals surface area contributed by atoms with E-state index in [-0.39, 0.29) is 0 Å². The van der Waals surface area contributed by atoms with Gasteiger partial charge in [-0.1, -0.05) is 38.1 Å². The molecule has 0 aliphatic carbocycles. The first kappa shape index (κ1) is 10.6. The summed E-state index contributed by atoms with van der Waals surface area (Å²) < 4.78 is 0. The van der Waals surface area contributed by atoms with Gasteiger partial charge in [0.15, 0.2) is 0 Å². The molecule has 0 aliphatic heterocycles. The van der Waals surface area contributed by atoms with Crippen molar-refractivity contribution < 1.29 is 0 Å². The van der Waals surface area contributed by atoms with Gasteiger partial charge in [-0.2, -0.15) is 12.6 Å². The highest BCUT2D eigenvalue weighted by molar-refractivity contribution is 7.80. The molecule has 0 unspecified atom stereocenters. The monoisotopic (exact) mass is 194 g/mol. The lowest BCUT2D eigenvalue weighted by molar-refractivity contribution is 0.824. The molecule has 1 rings (SSSR count). The van der Waals surface area contributed by atoms with Gasteiger partial charge >= 0.3 is 0 Å². The molecule has 72 valence electrons. The zero-order valence-corrected chi connectivity index (χ0v) is 9.35. The molecule has 0 nitrogen and oxygen atoms in total. The van der Waals surface area contributed by atoms with E-state index in [9.17, 15) is 0 Å². The summed E-state index contributed by atoms with van der Waals surface area (Å²) in [4.78, 5) is 0. The zero-order valence-electron chi connectivity index (χ0n) is 8.46. The van der Waals surface area contributed by atoms with Crippen molar-refractivity contribution in [1.82, 2.24) is 0 Å². The van der Waals surface area contributed by atoms with Gasteiger partial charge in [-0.3, -0.25) is 0 Å². The number of aryl methyl sites for hydroxylation is 1. The highest BCUT2D eigenvalue weighted by Crippen LogP contribution is 2.20. The second-order valence-electron chi connectivity index (χ2n) is 3.68. The Morgan fingerprint density at radius 3 is 2.54 bits per heavy atom. The van der Waals surface area contributed by atoms with Crippen LogP contribution in [0.15, 0.2) is 24.3 Å². The molecule has 0 amide bonds.